The van der Waals surface area contributed by atoms with E-state index in [9.17, 15) is 19.8 Å². The highest BCUT2D eigenvalue weighted by atomic mass is 32.1. The second-order valence-corrected chi connectivity index (χ2v) is 4.47. The Balaban J connectivity index is 2.74. The Morgan fingerprint density at radius 2 is 2.11 bits per heavy atom. The van der Waals surface area contributed by atoms with Gasteiger partial charge in [0, 0.05) is 0 Å². The minimum Gasteiger partial charge on any atom is -0.478 e. The van der Waals surface area contributed by atoms with Crippen LogP contribution in [0, 0.1) is 0 Å². The number of aliphatic hydroxyl groups is 2. The molecule has 0 aromatic carbocycles. The molecule has 18 heavy (non-hydrogen) atoms. The third-order valence-corrected chi connectivity index (χ3v) is 3.23. The maximum atomic E-state index is 11.1. The summed E-state index contributed by atoms with van der Waals surface area (Å²) < 4.78 is 4.63. The largest absolute Gasteiger partial charge is 0.478 e. The number of carboxylic acid groups (broad SMARTS) is 1. The molecular weight excluding hydrogens is 260 g/mol. The maximum Gasteiger partial charge on any atom is 0.336 e. The molecule has 0 aliphatic heterocycles. The average Bonchev–Trinajstić information content (AvgIpc) is 2.76. The fraction of sp³-hybridized carbons (Fsp3) is 0.455. The number of thiophene rings is 1. The van der Waals surface area contributed by atoms with E-state index < -0.39 is 24.1 Å². The smallest absolute Gasteiger partial charge is 0.336 e. The van der Waals surface area contributed by atoms with Crippen LogP contribution in [0.4, 0.5) is 0 Å². The molecule has 2 unspecified atom stereocenters. The molecule has 0 saturated heterocycles. The lowest BCUT2D eigenvalue weighted by Crippen LogP contribution is -2.23. The van der Waals surface area contributed by atoms with Gasteiger partial charge in [0.2, 0.25) is 0 Å². The zero-order valence-corrected chi connectivity index (χ0v) is 10.5. The predicted molar refractivity (Wildman–Crippen MR) is 63.5 cm³/mol. The van der Waals surface area contributed by atoms with E-state index in [2.05, 4.69) is 4.74 Å². The summed E-state index contributed by atoms with van der Waals surface area (Å²) in [7, 11) is 0. The Bertz CT molecular complexity index is 427. The van der Waals surface area contributed by atoms with Gasteiger partial charge in [-0.05, 0) is 18.4 Å². The molecule has 0 bridgehead atoms. The number of carbonyl (C=O) groups is 2. The highest BCUT2D eigenvalue weighted by Gasteiger charge is 2.27. The van der Waals surface area contributed by atoms with Crippen LogP contribution >= 0.6 is 11.3 Å². The fourth-order valence-corrected chi connectivity index (χ4v) is 2.33. The molecule has 6 nitrogen and oxygen atoms in total. The van der Waals surface area contributed by atoms with E-state index >= 15 is 0 Å². The average molecular weight is 274 g/mol. The fourth-order valence-electron chi connectivity index (χ4n) is 1.40. The Labute approximate surface area is 107 Å². The van der Waals surface area contributed by atoms with Crippen LogP contribution < -0.4 is 0 Å². The molecule has 2 atom stereocenters. The van der Waals surface area contributed by atoms with E-state index in [0.717, 1.165) is 11.3 Å². The summed E-state index contributed by atoms with van der Waals surface area (Å²) in [4.78, 5) is 22.1. The topological polar surface area (TPSA) is 104 Å². The number of hydrogen-bond donors (Lipinski definition) is 3. The van der Waals surface area contributed by atoms with Crippen molar-refractivity contribution in [2.24, 2.45) is 0 Å². The van der Waals surface area contributed by atoms with Crippen molar-refractivity contribution in [3.8, 4) is 0 Å². The molecule has 0 radical (unpaired) electrons. The summed E-state index contributed by atoms with van der Waals surface area (Å²) in [6, 6.07) is 1.34. The van der Waals surface area contributed by atoms with Crippen molar-refractivity contribution in [1.82, 2.24) is 0 Å². The number of esters is 1. The highest BCUT2D eigenvalue weighted by molar-refractivity contribution is 7.10. The number of aromatic carboxylic acids is 1. The molecule has 100 valence electrons. The summed E-state index contributed by atoms with van der Waals surface area (Å²) in [5.41, 5.74) is -0.0737. The molecule has 0 aliphatic rings. The summed E-state index contributed by atoms with van der Waals surface area (Å²) in [6.07, 6.45) is -3.19. The van der Waals surface area contributed by atoms with Gasteiger partial charge in [0.15, 0.2) is 0 Å². The minimum absolute atomic E-state index is 0.0737. The molecule has 1 heterocycles. The first-order valence-electron chi connectivity index (χ1n) is 5.29. The van der Waals surface area contributed by atoms with Crippen molar-refractivity contribution < 1.29 is 29.6 Å². The van der Waals surface area contributed by atoms with Crippen molar-refractivity contribution in [2.45, 2.75) is 25.6 Å². The minimum atomic E-state index is -1.42. The summed E-state index contributed by atoms with van der Waals surface area (Å²) in [5, 5.41) is 29.8. The standard InChI is InChI=1S/C11H14O6S/c1-2-17-8(13)5-7(12)9(14)10-6(11(15)16)3-4-18-10/h3-4,7,9,12,14H,2,5H2,1H3,(H,15,16). The van der Waals surface area contributed by atoms with Crippen molar-refractivity contribution in [1.29, 1.82) is 0 Å². The van der Waals surface area contributed by atoms with E-state index in [-0.39, 0.29) is 23.5 Å². The lowest BCUT2D eigenvalue weighted by Gasteiger charge is -2.16. The second-order valence-electron chi connectivity index (χ2n) is 3.53. The number of hydrogen-bond acceptors (Lipinski definition) is 6. The molecule has 1 aromatic rings. The summed E-state index contributed by atoms with van der Waals surface area (Å²) in [6.45, 7) is 1.81. The number of aliphatic hydroxyl groups excluding tert-OH is 2. The normalized spacial score (nSPS) is 13.9. The van der Waals surface area contributed by atoms with Crippen LogP contribution in [-0.4, -0.2) is 40.0 Å². The van der Waals surface area contributed by atoms with Crippen molar-refractivity contribution >= 4 is 23.3 Å². The first-order valence-corrected chi connectivity index (χ1v) is 6.17. The molecular formula is C11H14O6S. The molecule has 3 N–H and O–H groups in total. The van der Waals surface area contributed by atoms with E-state index in [1.54, 1.807) is 6.92 Å². The zero-order valence-electron chi connectivity index (χ0n) is 9.70. The highest BCUT2D eigenvalue weighted by Crippen LogP contribution is 2.28. The quantitative estimate of drug-likeness (QED) is 0.663. The lowest BCUT2D eigenvalue weighted by molar-refractivity contribution is -0.147. The summed E-state index contributed by atoms with van der Waals surface area (Å²) in [5.74, 6) is -1.83. The number of rotatable bonds is 6. The van der Waals surface area contributed by atoms with Crippen molar-refractivity contribution in [2.75, 3.05) is 6.61 Å². The number of carbonyl (C=O) groups excluding carboxylic acids is 1. The first-order chi connectivity index (χ1) is 8.47. The molecule has 0 saturated carbocycles. The summed E-state index contributed by atoms with van der Waals surface area (Å²) >= 11 is 1.01. The van der Waals surface area contributed by atoms with Crippen LogP contribution in [0.3, 0.4) is 0 Å². The lowest BCUT2D eigenvalue weighted by atomic mass is 10.1. The van der Waals surface area contributed by atoms with Gasteiger partial charge in [-0.3, -0.25) is 4.79 Å². The van der Waals surface area contributed by atoms with Gasteiger partial charge in [0.05, 0.1) is 29.6 Å². The molecule has 1 aromatic heterocycles. The van der Waals surface area contributed by atoms with E-state index in [1.807, 2.05) is 0 Å². The SMILES string of the molecule is CCOC(=O)CC(O)C(O)c1sccc1C(=O)O. The number of ether oxygens (including phenoxy) is 1. The first kappa shape index (κ1) is 14.6. The Kier molecular flexibility index (Phi) is 5.26. The van der Waals surface area contributed by atoms with E-state index in [0.29, 0.717) is 0 Å². The van der Waals surface area contributed by atoms with E-state index in [4.69, 9.17) is 5.11 Å². The molecule has 1 rings (SSSR count). The van der Waals surface area contributed by atoms with Crippen LogP contribution in [0.2, 0.25) is 0 Å². The van der Waals surface area contributed by atoms with Gasteiger partial charge in [0.25, 0.3) is 0 Å². The van der Waals surface area contributed by atoms with Crippen LogP contribution in [0.15, 0.2) is 11.4 Å². The third-order valence-electron chi connectivity index (χ3n) is 2.24. The van der Waals surface area contributed by atoms with Gasteiger partial charge in [-0.15, -0.1) is 11.3 Å². The predicted octanol–water partition coefficient (Wildman–Crippen LogP) is 0.794. The van der Waals surface area contributed by atoms with Crippen molar-refractivity contribution in [3.05, 3.63) is 21.9 Å². The monoisotopic (exact) mass is 274 g/mol. The van der Waals surface area contributed by atoms with Gasteiger partial charge in [0.1, 0.15) is 6.10 Å². The Hall–Kier alpha value is -1.44. The van der Waals surface area contributed by atoms with Gasteiger partial charge in [-0.2, -0.15) is 0 Å². The Morgan fingerprint density at radius 3 is 2.67 bits per heavy atom. The second kappa shape index (κ2) is 6.48. The van der Waals surface area contributed by atoms with E-state index in [1.165, 1.54) is 11.4 Å². The van der Waals surface area contributed by atoms with Gasteiger partial charge in [-0.1, -0.05) is 0 Å². The molecule has 0 aliphatic carbocycles. The zero-order chi connectivity index (χ0) is 13.7. The maximum absolute atomic E-state index is 11.1. The van der Waals surface area contributed by atoms with Gasteiger partial charge >= 0.3 is 11.9 Å². The van der Waals surface area contributed by atoms with Gasteiger partial charge < -0.3 is 20.1 Å². The molecule has 0 spiro atoms. The van der Waals surface area contributed by atoms with Crippen molar-refractivity contribution in [3.63, 3.8) is 0 Å². The van der Waals surface area contributed by atoms with Crippen LogP contribution in [0.5, 0.6) is 0 Å². The van der Waals surface area contributed by atoms with Gasteiger partial charge in [-0.25, -0.2) is 4.79 Å². The molecule has 0 fully saturated rings. The van der Waals surface area contributed by atoms with Crippen LogP contribution in [0.25, 0.3) is 0 Å². The van der Waals surface area contributed by atoms with Crippen LogP contribution in [-0.2, 0) is 9.53 Å². The molecule has 0 amide bonds. The molecule has 7 heteroatoms. The third kappa shape index (κ3) is 3.52. The number of carboxylic acids is 1. The van der Waals surface area contributed by atoms with Crippen LogP contribution in [0.1, 0.15) is 34.7 Å². The Morgan fingerprint density at radius 1 is 1.44 bits per heavy atom.